The molecule has 0 radical (unpaired) electrons. The number of aliphatic carboxylic acids is 1. The monoisotopic (exact) mass is 295 g/mol. The Morgan fingerprint density at radius 3 is 3.00 bits per heavy atom. The minimum Gasteiger partial charge on any atom is -0.481 e. The average molecular weight is 295 g/mol. The summed E-state index contributed by atoms with van der Waals surface area (Å²) >= 11 is 0. The van der Waals surface area contributed by atoms with E-state index in [2.05, 4.69) is 15.0 Å². The number of ether oxygens (including phenoxy) is 1. The van der Waals surface area contributed by atoms with Crippen LogP contribution in [-0.2, 0) is 16.1 Å². The van der Waals surface area contributed by atoms with Crippen molar-refractivity contribution >= 4 is 5.97 Å². The molecule has 21 heavy (non-hydrogen) atoms. The van der Waals surface area contributed by atoms with E-state index in [4.69, 9.17) is 9.26 Å². The van der Waals surface area contributed by atoms with Crippen LogP contribution in [0.1, 0.15) is 37.9 Å². The van der Waals surface area contributed by atoms with Gasteiger partial charge in [0.1, 0.15) is 0 Å². The topological polar surface area (TPSA) is 88.7 Å². The first-order chi connectivity index (χ1) is 10.0. The Balaban J connectivity index is 1.71. The molecule has 0 amide bonds. The van der Waals surface area contributed by atoms with Crippen LogP contribution in [0.3, 0.4) is 0 Å². The van der Waals surface area contributed by atoms with Crippen molar-refractivity contribution < 1.29 is 19.2 Å². The molecule has 2 atom stereocenters. The SMILES string of the molecule is CC(C)c1noc(CN2C[C@@H]3COCC[C@]3(C(=O)O)C2)n1. The minimum atomic E-state index is -0.716. The van der Waals surface area contributed by atoms with E-state index >= 15 is 0 Å². The lowest BCUT2D eigenvalue weighted by Crippen LogP contribution is -2.44. The van der Waals surface area contributed by atoms with E-state index in [9.17, 15) is 9.90 Å². The lowest BCUT2D eigenvalue weighted by atomic mass is 9.74. The molecule has 2 fully saturated rings. The van der Waals surface area contributed by atoms with Crippen LogP contribution in [0.15, 0.2) is 4.52 Å². The van der Waals surface area contributed by atoms with Gasteiger partial charge in [0, 0.05) is 31.5 Å². The summed E-state index contributed by atoms with van der Waals surface area (Å²) in [6.45, 7) is 6.79. The highest BCUT2D eigenvalue weighted by Gasteiger charge is 2.53. The Hall–Kier alpha value is -1.47. The highest BCUT2D eigenvalue weighted by Crippen LogP contribution is 2.42. The number of carboxylic acids is 1. The maximum atomic E-state index is 11.7. The van der Waals surface area contributed by atoms with Crippen LogP contribution in [-0.4, -0.2) is 52.4 Å². The average Bonchev–Trinajstić information content (AvgIpc) is 3.03. The van der Waals surface area contributed by atoms with E-state index in [1.54, 1.807) is 0 Å². The Morgan fingerprint density at radius 1 is 1.57 bits per heavy atom. The van der Waals surface area contributed by atoms with Gasteiger partial charge in [0.2, 0.25) is 5.89 Å². The second-order valence-corrected chi connectivity index (χ2v) is 6.35. The molecule has 0 aromatic carbocycles. The number of aromatic nitrogens is 2. The first-order valence-electron chi connectivity index (χ1n) is 7.37. The third-order valence-corrected chi connectivity index (χ3v) is 4.56. The van der Waals surface area contributed by atoms with Gasteiger partial charge < -0.3 is 14.4 Å². The summed E-state index contributed by atoms with van der Waals surface area (Å²) in [5.74, 6) is 0.794. The highest BCUT2D eigenvalue weighted by molar-refractivity contribution is 5.76. The Morgan fingerprint density at radius 2 is 2.38 bits per heavy atom. The zero-order chi connectivity index (χ0) is 15.0. The smallest absolute Gasteiger partial charge is 0.311 e. The van der Waals surface area contributed by atoms with Crippen LogP contribution in [0.2, 0.25) is 0 Å². The highest BCUT2D eigenvalue weighted by atomic mass is 16.5. The lowest BCUT2D eigenvalue weighted by Gasteiger charge is -2.34. The third kappa shape index (κ3) is 2.55. The van der Waals surface area contributed by atoms with Gasteiger partial charge in [-0.2, -0.15) is 4.98 Å². The molecule has 1 aromatic rings. The van der Waals surface area contributed by atoms with Gasteiger partial charge in [-0.3, -0.25) is 9.69 Å². The van der Waals surface area contributed by atoms with Crippen molar-refractivity contribution in [2.75, 3.05) is 26.3 Å². The molecule has 0 bridgehead atoms. The first kappa shape index (κ1) is 14.5. The Kier molecular flexibility index (Phi) is 3.71. The van der Waals surface area contributed by atoms with Gasteiger partial charge in [-0.05, 0) is 6.42 Å². The molecule has 2 aliphatic rings. The molecule has 7 nitrogen and oxygen atoms in total. The zero-order valence-electron chi connectivity index (χ0n) is 12.4. The van der Waals surface area contributed by atoms with Gasteiger partial charge in [-0.15, -0.1) is 0 Å². The molecule has 0 saturated carbocycles. The fraction of sp³-hybridized carbons (Fsp3) is 0.786. The third-order valence-electron chi connectivity index (χ3n) is 4.56. The number of likely N-dealkylation sites (tertiary alicyclic amines) is 1. The number of carbonyl (C=O) groups is 1. The standard InChI is InChI=1S/C14H21N3O4/c1-9(2)12-15-11(21-16-12)6-17-5-10-7-20-4-3-14(10,8-17)13(18)19/h9-10H,3-8H2,1-2H3,(H,18,19)/t10-,14+/m1/s1. The van der Waals surface area contributed by atoms with Crippen molar-refractivity contribution in [3.63, 3.8) is 0 Å². The van der Waals surface area contributed by atoms with Gasteiger partial charge in [0.05, 0.1) is 18.6 Å². The summed E-state index contributed by atoms with van der Waals surface area (Å²) in [6.07, 6.45) is 0.574. The first-order valence-corrected chi connectivity index (χ1v) is 7.37. The second kappa shape index (κ2) is 5.38. The molecule has 3 heterocycles. The second-order valence-electron chi connectivity index (χ2n) is 6.35. The molecule has 2 aliphatic heterocycles. The van der Waals surface area contributed by atoms with Crippen LogP contribution < -0.4 is 0 Å². The molecule has 3 rings (SSSR count). The summed E-state index contributed by atoms with van der Waals surface area (Å²) in [5.41, 5.74) is -0.681. The van der Waals surface area contributed by atoms with E-state index < -0.39 is 11.4 Å². The normalized spacial score (nSPS) is 29.8. The number of rotatable bonds is 4. The fourth-order valence-corrected chi connectivity index (χ4v) is 3.28. The number of nitrogens with zero attached hydrogens (tertiary/aromatic N) is 3. The Bertz CT molecular complexity index is 530. The van der Waals surface area contributed by atoms with Gasteiger partial charge >= 0.3 is 5.97 Å². The largest absolute Gasteiger partial charge is 0.481 e. The van der Waals surface area contributed by atoms with Crippen molar-refractivity contribution in [3.05, 3.63) is 11.7 Å². The van der Waals surface area contributed by atoms with Gasteiger partial charge in [0.15, 0.2) is 5.82 Å². The van der Waals surface area contributed by atoms with Crippen LogP contribution in [0.5, 0.6) is 0 Å². The summed E-state index contributed by atoms with van der Waals surface area (Å²) in [7, 11) is 0. The molecule has 116 valence electrons. The molecule has 1 aromatic heterocycles. The molecule has 7 heteroatoms. The predicted molar refractivity (Wildman–Crippen MR) is 72.7 cm³/mol. The molecular formula is C14H21N3O4. The molecular weight excluding hydrogens is 274 g/mol. The molecule has 1 N–H and O–H groups in total. The van der Waals surface area contributed by atoms with E-state index in [1.165, 1.54) is 0 Å². The summed E-state index contributed by atoms with van der Waals surface area (Å²) in [4.78, 5) is 18.2. The van der Waals surface area contributed by atoms with Crippen molar-refractivity contribution in [2.24, 2.45) is 11.3 Å². The molecule has 0 spiro atoms. The van der Waals surface area contributed by atoms with E-state index in [0.29, 0.717) is 51.0 Å². The van der Waals surface area contributed by atoms with Crippen LogP contribution >= 0.6 is 0 Å². The van der Waals surface area contributed by atoms with E-state index in [-0.39, 0.29) is 11.8 Å². The molecule has 0 unspecified atom stereocenters. The minimum absolute atomic E-state index is 0.0382. The summed E-state index contributed by atoms with van der Waals surface area (Å²) in [6, 6.07) is 0. The van der Waals surface area contributed by atoms with E-state index in [1.807, 2.05) is 13.8 Å². The van der Waals surface area contributed by atoms with Crippen molar-refractivity contribution in [3.8, 4) is 0 Å². The fourth-order valence-electron chi connectivity index (χ4n) is 3.28. The number of hydrogen-bond donors (Lipinski definition) is 1. The van der Waals surface area contributed by atoms with E-state index in [0.717, 1.165) is 0 Å². The quantitative estimate of drug-likeness (QED) is 0.890. The van der Waals surface area contributed by atoms with Crippen molar-refractivity contribution in [1.82, 2.24) is 15.0 Å². The maximum absolute atomic E-state index is 11.7. The van der Waals surface area contributed by atoms with Crippen LogP contribution in [0, 0.1) is 11.3 Å². The molecule has 0 aliphatic carbocycles. The molecule has 2 saturated heterocycles. The van der Waals surface area contributed by atoms with Gasteiger partial charge in [0.25, 0.3) is 0 Å². The lowest BCUT2D eigenvalue weighted by molar-refractivity contribution is -0.157. The number of fused-ring (bicyclic) bond motifs is 1. The van der Waals surface area contributed by atoms with Crippen LogP contribution in [0.25, 0.3) is 0 Å². The number of hydrogen-bond acceptors (Lipinski definition) is 6. The maximum Gasteiger partial charge on any atom is 0.311 e. The van der Waals surface area contributed by atoms with Crippen molar-refractivity contribution in [1.29, 1.82) is 0 Å². The van der Waals surface area contributed by atoms with Gasteiger partial charge in [-0.1, -0.05) is 19.0 Å². The Labute approximate surface area is 123 Å². The van der Waals surface area contributed by atoms with Crippen molar-refractivity contribution in [2.45, 2.75) is 32.7 Å². The van der Waals surface area contributed by atoms with Gasteiger partial charge in [-0.25, -0.2) is 0 Å². The summed E-state index contributed by atoms with van der Waals surface area (Å²) < 4.78 is 10.7. The van der Waals surface area contributed by atoms with Crippen LogP contribution in [0.4, 0.5) is 0 Å². The predicted octanol–water partition coefficient (Wildman–Crippen LogP) is 1.12. The zero-order valence-corrected chi connectivity index (χ0v) is 12.4. The number of carboxylic acid groups (broad SMARTS) is 1. The summed E-state index contributed by atoms with van der Waals surface area (Å²) in [5, 5.41) is 13.6.